The fourth-order valence-corrected chi connectivity index (χ4v) is 2.27. The van der Waals surface area contributed by atoms with Crippen molar-refractivity contribution in [2.75, 3.05) is 0 Å². The van der Waals surface area contributed by atoms with Gasteiger partial charge in [0.05, 0.1) is 16.9 Å². The number of halogens is 2. The molecule has 1 aromatic heterocycles. The van der Waals surface area contributed by atoms with E-state index in [1.54, 1.807) is 24.3 Å². The Morgan fingerprint density at radius 3 is 2.48 bits per heavy atom. The maximum Gasteiger partial charge on any atom is 0.282 e. The Hall–Kier alpha value is -2.79. The van der Waals surface area contributed by atoms with Crippen LogP contribution in [0.1, 0.15) is 10.4 Å². The van der Waals surface area contributed by atoms with Gasteiger partial charge in [0.2, 0.25) is 0 Å². The molecule has 0 atom stereocenters. The van der Waals surface area contributed by atoms with Crippen LogP contribution in [-0.2, 0) is 0 Å². The molecule has 0 aliphatic heterocycles. The zero-order valence-electron chi connectivity index (χ0n) is 11.7. The van der Waals surface area contributed by atoms with Gasteiger partial charge < -0.3 is 0 Å². The summed E-state index contributed by atoms with van der Waals surface area (Å²) in [7, 11) is 0. The van der Waals surface area contributed by atoms with Crippen molar-refractivity contribution in [1.82, 2.24) is 9.78 Å². The second-order valence-corrected chi connectivity index (χ2v) is 5.24. The van der Waals surface area contributed by atoms with E-state index in [-0.39, 0.29) is 11.3 Å². The number of rotatable bonds is 3. The first-order valence-corrected chi connectivity index (χ1v) is 7.08. The lowest BCUT2D eigenvalue weighted by Gasteiger charge is -2.09. The number of carbonyl (C=O) groups excluding carboxylic acids is 1. The van der Waals surface area contributed by atoms with Crippen LogP contribution in [0.4, 0.5) is 4.39 Å². The van der Waals surface area contributed by atoms with E-state index in [0.717, 1.165) is 4.68 Å². The highest BCUT2D eigenvalue weighted by atomic mass is 35.5. The molecule has 1 heterocycles. The van der Waals surface area contributed by atoms with Crippen LogP contribution in [0, 0.1) is 5.82 Å². The molecule has 3 rings (SSSR count). The lowest BCUT2D eigenvalue weighted by atomic mass is 10.1. The quantitative estimate of drug-likeness (QED) is 0.691. The van der Waals surface area contributed by atoms with Crippen LogP contribution < -0.4 is 5.56 Å². The molecule has 0 N–H and O–H groups in total. The largest absolute Gasteiger partial charge is 0.298 e. The van der Waals surface area contributed by atoms with Gasteiger partial charge in [-0.15, -0.1) is 0 Å². The Balaban J connectivity index is 2.24. The number of benzene rings is 2. The number of nitrogens with zero attached hydrogens (tertiary/aromatic N) is 2. The SMILES string of the molecule is O=Cc1cc(-c2ccc(Cl)cc2)nn(-c2cccc(F)c2)c1=O. The first kappa shape index (κ1) is 15.1. The van der Waals surface area contributed by atoms with E-state index in [9.17, 15) is 14.0 Å². The Labute approximate surface area is 135 Å². The van der Waals surface area contributed by atoms with E-state index < -0.39 is 11.4 Å². The predicted octanol–water partition coefficient (Wildman–Crippen LogP) is 3.50. The first-order valence-electron chi connectivity index (χ1n) is 6.70. The molecule has 0 unspecified atom stereocenters. The molecule has 0 amide bonds. The Morgan fingerprint density at radius 1 is 1.09 bits per heavy atom. The summed E-state index contributed by atoms with van der Waals surface area (Å²) in [5.41, 5.74) is 0.668. The number of aldehydes is 1. The second kappa shape index (κ2) is 6.14. The highest BCUT2D eigenvalue weighted by molar-refractivity contribution is 6.30. The lowest BCUT2D eigenvalue weighted by Crippen LogP contribution is -2.25. The topological polar surface area (TPSA) is 52.0 Å². The summed E-state index contributed by atoms with van der Waals surface area (Å²) in [5, 5.41) is 4.79. The normalized spacial score (nSPS) is 10.5. The van der Waals surface area contributed by atoms with Crippen LogP contribution in [0.5, 0.6) is 0 Å². The molecule has 0 bridgehead atoms. The van der Waals surface area contributed by atoms with Crippen molar-refractivity contribution in [2.24, 2.45) is 0 Å². The number of hydrogen-bond acceptors (Lipinski definition) is 3. The molecule has 0 fully saturated rings. The van der Waals surface area contributed by atoms with Crippen molar-refractivity contribution in [3.8, 4) is 16.9 Å². The maximum atomic E-state index is 13.4. The van der Waals surface area contributed by atoms with Gasteiger partial charge in [-0.25, -0.2) is 4.39 Å². The van der Waals surface area contributed by atoms with Crippen LogP contribution in [0.15, 0.2) is 59.4 Å². The van der Waals surface area contributed by atoms with Gasteiger partial charge in [0, 0.05) is 10.6 Å². The van der Waals surface area contributed by atoms with Gasteiger partial charge in [-0.05, 0) is 36.4 Å². The van der Waals surface area contributed by atoms with Gasteiger partial charge in [-0.2, -0.15) is 9.78 Å². The van der Waals surface area contributed by atoms with E-state index in [1.807, 2.05) is 0 Å². The summed E-state index contributed by atoms with van der Waals surface area (Å²) in [4.78, 5) is 23.5. The Kier molecular flexibility index (Phi) is 4.04. The highest BCUT2D eigenvalue weighted by Gasteiger charge is 2.11. The summed E-state index contributed by atoms with van der Waals surface area (Å²) < 4.78 is 14.4. The van der Waals surface area contributed by atoms with E-state index in [0.29, 0.717) is 22.6 Å². The smallest absolute Gasteiger partial charge is 0.282 e. The summed E-state index contributed by atoms with van der Waals surface area (Å²) in [6.07, 6.45) is 0.458. The average Bonchev–Trinajstić information content (AvgIpc) is 2.56. The Morgan fingerprint density at radius 2 is 1.83 bits per heavy atom. The highest BCUT2D eigenvalue weighted by Crippen LogP contribution is 2.20. The van der Waals surface area contributed by atoms with E-state index >= 15 is 0 Å². The third-order valence-corrected chi connectivity index (χ3v) is 3.51. The fraction of sp³-hybridized carbons (Fsp3) is 0. The van der Waals surface area contributed by atoms with Crippen LogP contribution >= 0.6 is 11.6 Å². The molecule has 0 radical (unpaired) electrons. The zero-order chi connectivity index (χ0) is 16.4. The molecular weight excluding hydrogens is 319 g/mol. The molecule has 0 saturated carbocycles. The van der Waals surface area contributed by atoms with E-state index in [1.165, 1.54) is 30.3 Å². The summed E-state index contributed by atoms with van der Waals surface area (Å²) in [5.74, 6) is -0.499. The van der Waals surface area contributed by atoms with E-state index in [2.05, 4.69) is 5.10 Å². The number of hydrogen-bond donors (Lipinski definition) is 0. The van der Waals surface area contributed by atoms with Gasteiger partial charge in [0.25, 0.3) is 5.56 Å². The Bertz CT molecular complexity index is 936. The van der Waals surface area contributed by atoms with Gasteiger partial charge in [-0.3, -0.25) is 9.59 Å². The van der Waals surface area contributed by atoms with Crippen LogP contribution in [0.25, 0.3) is 16.9 Å². The monoisotopic (exact) mass is 328 g/mol. The van der Waals surface area contributed by atoms with E-state index in [4.69, 9.17) is 11.6 Å². The fourth-order valence-electron chi connectivity index (χ4n) is 2.14. The third-order valence-electron chi connectivity index (χ3n) is 3.26. The summed E-state index contributed by atoms with van der Waals surface area (Å²) in [6.45, 7) is 0. The molecule has 4 nitrogen and oxygen atoms in total. The molecule has 0 aliphatic rings. The van der Waals surface area contributed by atoms with Crippen LogP contribution in [0.3, 0.4) is 0 Å². The van der Waals surface area contributed by atoms with Crippen molar-refractivity contribution in [2.45, 2.75) is 0 Å². The number of aromatic nitrogens is 2. The van der Waals surface area contributed by atoms with Crippen molar-refractivity contribution < 1.29 is 9.18 Å². The minimum absolute atomic E-state index is 0.0609. The molecule has 0 aliphatic carbocycles. The molecule has 3 aromatic rings. The third kappa shape index (κ3) is 3.05. The average molecular weight is 329 g/mol. The molecular formula is C17H10ClFN2O2. The number of carbonyl (C=O) groups is 1. The minimum Gasteiger partial charge on any atom is -0.298 e. The van der Waals surface area contributed by atoms with Crippen LogP contribution in [-0.4, -0.2) is 16.1 Å². The van der Waals surface area contributed by atoms with Crippen molar-refractivity contribution in [3.05, 3.63) is 81.4 Å². The standard InChI is InChI=1S/C17H10ClFN2O2/c18-13-6-4-11(5-7-13)16-8-12(10-22)17(23)21(20-16)15-3-1-2-14(19)9-15/h1-10H. The molecule has 23 heavy (non-hydrogen) atoms. The predicted molar refractivity (Wildman–Crippen MR) is 85.6 cm³/mol. The molecule has 2 aromatic carbocycles. The molecule has 114 valence electrons. The van der Waals surface area contributed by atoms with Gasteiger partial charge in [0.1, 0.15) is 5.82 Å². The molecule has 0 spiro atoms. The zero-order valence-corrected chi connectivity index (χ0v) is 12.5. The molecule has 6 heteroatoms. The summed E-state index contributed by atoms with van der Waals surface area (Å²) in [6, 6.07) is 13.6. The maximum absolute atomic E-state index is 13.4. The summed E-state index contributed by atoms with van der Waals surface area (Å²) >= 11 is 5.85. The van der Waals surface area contributed by atoms with Gasteiger partial charge in [0.15, 0.2) is 6.29 Å². The van der Waals surface area contributed by atoms with Crippen molar-refractivity contribution in [3.63, 3.8) is 0 Å². The lowest BCUT2D eigenvalue weighted by molar-refractivity contribution is 0.112. The van der Waals surface area contributed by atoms with Crippen LogP contribution in [0.2, 0.25) is 5.02 Å². The van der Waals surface area contributed by atoms with Crippen molar-refractivity contribution in [1.29, 1.82) is 0 Å². The molecule has 0 saturated heterocycles. The van der Waals surface area contributed by atoms with Gasteiger partial charge in [-0.1, -0.05) is 29.8 Å². The first-order chi connectivity index (χ1) is 11.1. The van der Waals surface area contributed by atoms with Crippen molar-refractivity contribution >= 4 is 17.9 Å². The minimum atomic E-state index is -0.608. The second-order valence-electron chi connectivity index (χ2n) is 4.81. The van der Waals surface area contributed by atoms with Gasteiger partial charge >= 0.3 is 0 Å².